The lowest BCUT2D eigenvalue weighted by Gasteiger charge is -2.26. The van der Waals surface area contributed by atoms with Crippen LogP contribution in [0.3, 0.4) is 0 Å². The molecule has 2 amide bonds. The Morgan fingerprint density at radius 2 is 1.67 bits per heavy atom. The molecule has 3 aromatic carbocycles. The molecule has 0 aromatic heterocycles. The zero-order valence-electron chi connectivity index (χ0n) is 22.8. The lowest BCUT2D eigenvalue weighted by atomic mass is 10.1. The Labute approximate surface area is 251 Å². The van der Waals surface area contributed by atoms with Crippen molar-refractivity contribution in [2.75, 3.05) is 30.5 Å². The number of benzene rings is 3. The van der Waals surface area contributed by atoms with E-state index < -0.39 is 44.9 Å². The number of alkyl halides is 3. The molecule has 0 atom stereocenters. The quantitative estimate of drug-likeness (QED) is 0.246. The number of halogens is 4. The van der Waals surface area contributed by atoms with Crippen LogP contribution in [0.1, 0.15) is 30.4 Å². The SMILES string of the molecule is O=C(CN(c1ccc(Cl)c(C(F)(F)F)c1)S(=O)(=O)c1ccccc1)NN=Cc1ccc(OCC(=O)N2CCCCC2)cc1. The van der Waals surface area contributed by atoms with Crippen molar-refractivity contribution in [2.24, 2.45) is 5.10 Å². The van der Waals surface area contributed by atoms with E-state index >= 15 is 0 Å². The standard InChI is InChI=1S/C29H28ClF3N4O5S/c30-26-14-11-22(17-25(26)29(31,32)33)37(43(40,41)24-7-3-1-4-8-24)19-27(38)35-34-18-21-9-12-23(13-10-21)42-20-28(39)36-15-5-2-6-16-36/h1,3-4,7-14,17-18H,2,5-6,15-16,19-20H2,(H,35,38). The average Bonchev–Trinajstić information content (AvgIpc) is 3.00. The average molecular weight is 637 g/mol. The molecule has 0 unspecified atom stereocenters. The third-order valence-electron chi connectivity index (χ3n) is 6.52. The first-order valence-corrected chi connectivity index (χ1v) is 15.0. The third kappa shape index (κ3) is 8.48. The van der Waals surface area contributed by atoms with E-state index in [0.29, 0.717) is 21.7 Å². The number of rotatable bonds is 10. The summed E-state index contributed by atoms with van der Waals surface area (Å²) in [6, 6.07) is 16.1. The Morgan fingerprint density at radius 3 is 2.33 bits per heavy atom. The van der Waals surface area contributed by atoms with Crippen LogP contribution in [0, 0.1) is 0 Å². The van der Waals surface area contributed by atoms with E-state index in [1.807, 2.05) is 0 Å². The zero-order chi connectivity index (χ0) is 31.0. The van der Waals surface area contributed by atoms with E-state index in [1.165, 1.54) is 30.5 Å². The molecular formula is C29H28ClF3N4O5S. The fourth-order valence-electron chi connectivity index (χ4n) is 4.29. The van der Waals surface area contributed by atoms with Crippen molar-refractivity contribution in [2.45, 2.75) is 30.3 Å². The molecule has 3 aromatic rings. The van der Waals surface area contributed by atoms with Gasteiger partial charge in [0.2, 0.25) is 0 Å². The van der Waals surface area contributed by atoms with Crippen LogP contribution >= 0.6 is 11.6 Å². The summed E-state index contributed by atoms with van der Waals surface area (Å²) in [7, 11) is -4.46. The molecule has 0 aliphatic carbocycles. The summed E-state index contributed by atoms with van der Waals surface area (Å²) in [6.45, 7) is 0.510. The molecule has 1 fully saturated rings. The Bertz CT molecular complexity index is 1560. The minimum atomic E-state index is -4.86. The predicted molar refractivity (Wildman–Crippen MR) is 156 cm³/mol. The number of hydrogen-bond donors (Lipinski definition) is 1. The number of nitrogens with zero attached hydrogens (tertiary/aromatic N) is 3. The minimum absolute atomic E-state index is 0.0791. The van der Waals surface area contributed by atoms with Gasteiger partial charge in [-0.2, -0.15) is 18.3 Å². The number of anilines is 1. The molecule has 1 saturated heterocycles. The van der Waals surface area contributed by atoms with Crippen LogP contribution in [-0.4, -0.2) is 57.6 Å². The number of ether oxygens (including phenoxy) is 1. The first-order chi connectivity index (χ1) is 20.4. The molecule has 9 nitrogen and oxygen atoms in total. The highest BCUT2D eigenvalue weighted by molar-refractivity contribution is 7.92. The zero-order valence-corrected chi connectivity index (χ0v) is 24.3. The fraction of sp³-hybridized carbons (Fsp3) is 0.276. The molecule has 0 radical (unpaired) electrons. The maximum atomic E-state index is 13.5. The molecular weight excluding hydrogens is 609 g/mol. The maximum absolute atomic E-state index is 13.5. The highest BCUT2D eigenvalue weighted by Gasteiger charge is 2.35. The predicted octanol–water partition coefficient (Wildman–Crippen LogP) is 5.10. The van der Waals surface area contributed by atoms with Crippen LogP contribution in [-0.2, 0) is 25.8 Å². The van der Waals surface area contributed by atoms with Crippen molar-refractivity contribution in [3.05, 3.63) is 88.9 Å². The Morgan fingerprint density at radius 1 is 1.00 bits per heavy atom. The second-order valence-electron chi connectivity index (χ2n) is 9.58. The highest BCUT2D eigenvalue weighted by Crippen LogP contribution is 2.38. The number of carbonyl (C=O) groups is 2. The van der Waals surface area contributed by atoms with Gasteiger partial charge in [0, 0.05) is 13.1 Å². The molecule has 1 N–H and O–H groups in total. The van der Waals surface area contributed by atoms with E-state index in [0.717, 1.165) is 44.5 Å². The van der Waals surface area contributed by atoms with Crippen molar-refractivity contribution >= 4 is 45.3 Å². The molecule has 4 rings (SSSR count). The summed E-state index contributed by atoms with van der Waals surface area (Å²) in [4.78, 5) is 26.6. The summed E-state index contributed by atoms with van der Waals surface area (Å²) in [5.74, 6) is -0.519. The largest absolute Gasteiger partial charge is 0.484 e. The molecule has 1 heterocycles. The van der Waals surface area contributed by atoms with Gasteiger partial charge in [-0.3, -0.25) is 13.9 Å². The molecule has 228 valence electrons. The molecule has 14 heteroatoms. The Hall–Kier alpha value is -4.10. The van der Waals surface area contributed by atoms with E-state index in [1.54, 1.807) is 35.2 Å². The summed E-state index contributed by atoms with van der Waals surface area (Å²) in [6.07, 6.45) is -0.481. The third-order valence-corrected chi connectivity index (χ3v) is 8.63. The first kappa shape index (κ1) is 31.8. The van der Waals surface area contributed by atoms with Crippen LogP contribution in [0.25, 0.3) is 0 Å². The molecule has 1 aliphatic heterocycles. The smallest absolute Gasteiger partial charge is 0.417 e. The van der Waals surface area contributed by atoms with E-state index in [2.05, 4.69) is 10.5 Å². The summed E-state index contributed by atoms with van der Waals surface area (Å²) >= 11 is 5.71. The monoisotopic (exact) mass is 636 g/mol. The van der Waals surface area contributed by atoms with Gasteiger partial charge in [-0.25, -0.2) is 13.8 Å². The second kappa shape index (κ2) is 13.9. The number of piperidine rings is 1. The summed E-state index contributed by atoms with van der Waals surface area (Å²) < 4.78 is 73.4. The van der Waals surface area contributed by atoms with Crippen LogP contribution in [0.4, 0.5) is 18.9 Å². The molecule has 1 aliphatic rings. The van der Waals surface area contributed by atoms with E-state index in [-0.39, 0.29) is 17.4 Å². The number of carbonyl (C=O) groups excluding carboxylic acids is 2. The summed E-state index contributed by atoms with van der Waals surface area (Å²) in [5, 5.41) is 3.21. The topological polar surface area (TPSA) is 108 Å². The van der Waals surface area contributed by atoms with Gasteiger partial charge in [0.15, 0.2) is 6.61 Å². The van der Waals surface area contributed by atoms with Crippen LogP contribution < -0.4 is 14.5 Å². The van der Waals surface area contributed by atoms with Gasteiger partial charge in [0.1, 0.15) is 12.3 Å². The van der Waals surface area contributed by atoms with Crippen LogP contribution in [0.15, 0.2) is 82.8 Å². The van der Waals surface area contributed by atoms with Gasteiger partial charge in [-0.05, 0) is 79.4 Å². The lowest BCUT2D eigenvalue weighted by Crippen LogP contribution is -2.39. The van der Waals surface area contributed by atoms with Crippen molar-refractivity contribution < 1.29 is 35.9 Å². The first-order valence-electron chi connectivity index (χ1n) is 13.2. The Kier molecular flexibility index (Phi) is 10.3. The lowest BCUT2D eigenvalue weighted by molar-refractivity contribution is -0.137. The molecule has 43 heavy (non-hydrogen) atoms. The van der Waals surface area contributed by atoms with Crippen molar-refractivity contribution in [1.29, 1.82) is 0 Å². The second-order valence-corrected chi connectivity index (χ2v) is 11.8. The van der Waals surface area contributed by atoms with Crippen molar-refractivity contribution in [3.8, 4) is 5.75 Å². The van der Waals surface area contributed by atoms with Crippen LogP contribution in [0.5, 0.6) is 5.75 Å². The van der Waals surface area contributed by atoms with Gasteiger partial charge in [-0.15, -0.1) is 0 Å². The van der Waals surface area contributed by atoms with Crippen LogP contribution in [0.2, 0.25) is 5.02 Å². The fourth-order valence-corrected chi connectivity index (χ4v) is 5.95. The Balaban J connectivity index is 1.43. The molecule has 0 bridgehead atoms. The number of amides is 2. The minimum Gasteiger partial charge on any atom is -0.484 e. The molecule has 0 saturated carbocycles. The van der Waals surface area contributed by atoms with Gasteiger partial charge in [0.25, 0.3) is 21.8 Å². The van der Waals surface area contributed by atoms with E-state index in [9.17, 15) is 31.2 Å². The van der Waals surface area contributed by atoms with Gasteiger partial charge >= 0.3 is 6.18 Å². The normalized spacial score (nSPS) is 14.0. The van der Waals surface area contributed by atoms with E-state index in [4.69, 9.17) is 16.3 Å². The summed E-state index contributed by atoms with van der Waals surface area (Å²) in [5.41, 5.74) is 1.09. The number of likely N-dealkylation sites (tertiary alicyclic amines) is 1. The highest BCUT2D eigenvalue weighted by atomic mass is 35.5. The number of sulfonamides is 1. The van der Waals surface area contributed by atoms with Gasteiger partial charge in [-0.1, -0.05) is 29.8 Å². The van der Waals surface area contributed by atoms with Crippen molar-refractivity contribution in [1.82, 2.24) is 10.3 Å². The number of nitrogens with one attached hydrogen (secondary N) is 1. The number of hydrazone groups is 1. The number of hydrogen-bond acceptors (Lipinski definition) is 6. The van der Waals surface area contributed by atoms with Gasteiger partial charge in [0.05, 0.1) is 27.4 Å². The van der Waals surface area contributed by atoms with Gasteiger partial charge < -0.3 is 9.64 Å². The molecule has 0 spiro atoms. The maximum Gasteiger partial charge on any atom is 0.417 e. The van der Waals surface area contributed by atoms with Crippen molar-refractivity contribution in [3.63, 3.8) is 0 Å².